The standard InChI is InChI=1S/C13H16N2O2S/c1-3-14-7-10-8-15-13(18-10)9-4-5-11(16)12(6-9)17-2/h4-6,8,14,16H,3,7H2,1-2H3. The van der Waals surface area contributed by atoms with E-state index in [0.717, 1.165) is 23.7 Å². The number of aromatic nitrogens is 1. The van der Waals surface area contributed by atoms with Crippen LogP contribution in [0, 0.1) is 0 Å². The van der Waals surface area contributed by atoms with Crippen molar-refractivity contribution in [3.63, 3.8) is 0 Å². The SMILES string of the molecule is CCNCc1cnc(-c2ccc(O)c(OC)c2)s1. The van der Waals surface area contributed by atoms with E-state index in [1.54, 1.807) is 23.5 Å². The molecule has 0 spiro atoms. The van der Waals surface area contributed by atoms with E-state index < -0.39 is 0 Å². The summed E-state index contributed by atoms with van der Waals surface area (Å²) in [7, 11) is 1.54. The summed E-state index contributed by atoms with van der Waals surface area (Å²) in [4.78, 5) is 5.58. The summed E-state index contributed by atoms with van der Waals surface area (Å²) in [5, 5.41) is 13.7. The third-order valence-corrected chi connectivity index (χ3v) is 3.58. The first-order valence-corrected chi connectivity index (χ1v) is 6.59. The van der Waals surface area contributed by atoms with Gasteiger partial charge >= 0.3 is 0 Å². The predicted octanol–water partition coefficient (Wildman–Crippen LogP) is 2.63. The van der Waals surface area contributed by atoms with Gasteiger partial charge < -0.3 is 15.2 Å². The van der Waals surface area contributed by atoms with Gasteiger partial charge in [0, 0.05) is 23.2 Å². The molecule has 1 aromatic heterocycles. The number of aromatic hydroxyl groups is 1. The minimum atomic E-state index is 0.144. The maximum Gasteiger partial charge on any atom is 0.161 e. The predicted molar refractivity (Wildman–Crippen MR) is 73.1 cm³/mol. The quantitative estimate of drug-likeness (QED) is 0.871. The van der Waals surface area contributed by atoms with Gasteiger partial charge in [-0.15, -0.1) is 11.3 Å². The van der Waals surface area contributed by atoms with Crippen LogP contribution in [0.3, 0.4) is 0 Å². The van der Waals surface area contributed by atoms with Crippen molar-refractivity contribution in [2.24, 2.45) is 0 Å². The fourth-order valence-electron chi connectivity index (χ4n) is 1.58. The van der Waals surface area contributed by atoms with E-state index in [4.69, 9.17) is 4.74 Å². The summed E-state index contributed by atoms with van der Waals surface area (Å²) in [6.07, 6.45) is 1.88. The Kier molecular flexibility index (Phi) is 4.17. The van der Waals surface area contributed by atoms with Crippen LogP contribution in [0.15, 0.2) is 24.4 Å². The van der Waals surface area contributed by atoms with Crippen molar-refractivity contribution < 1.29 is 9.84 Å². The maximum absolute atomic E-state index is 9.55. The van der Waals surface area contributed by atoms with Crippen molar-refractivity contribution in [2.45, 2.75) is 13.5 Å². The Morgan fingerprint density at radius 3 is 3.00 bits per heavy atom. The van der Waals surface area contributed by atoms with Crippen LogP contribution in [0.4, 0.5) is 0 Å². The molecule has 0 atom stereocenters. The molecule has 0 fully saturated rings. The number of methoxy groups -OCH3 is 1. The van der Waals surface area contributed by atoms with Crippen LogP contribution >= 0.6 is 11.3 Å². The van der Waals surface area contributed by atoms with Crippen molar-refractivity contribution in [1.82, 2.24) is 10.3 Å². The molecule has 0 aliphatic rings. The number of benzene rings is 1. The topological polar surface area (TPSA) is 54.4 Å². The van der Waals surface area contributed by atoms with Crippen LogP contribution in [0.25, 0.3) is 10.6 Å². The highest BCUT2D eigenvalue weighted by atomic mass is 32.1. The third-order valence-electron chi connectivity index (χ3n) is 2.53. The zero-order chi connectivity index (χ0) is 13.0. The monoisotopic (exact) mass is 264 g/mol. The number of phenols is 1. The number of hydrogen-bond acceptors (Lipinski definition) is 5. The van der Waals surface area contributed by atoms with Crippen molar-refractivity contribution in [1.29, 1.82) is 0 Å². The lowest BCUT2D eigenvalue weighted by Crippen LogP contribution is -2.10. The molecule has 18 heavy (non-hydrogen) atoms. The molecule has 96 valence electrons. The van der Waals surface area contributed by atoms with Crippen LogP contribution in [-0.2, 0) is 6.54 Å². The van der Waals surface area contributed by atoms with E-state index >= 15 is 0 Å². The zero-order valence-electron chi connectivity index (χ0n) is 10.4. The van der Waals surface area contributed by atoms with E-state index in [1.807, 2.05) is 12.3 Å². The van der Waals surface area contributed by atoms with Gasteiger partial charge in [-0.1, -0.05) is 6.92 Å². The molecular weight excluding hydrogens is 248 g/mol. The van der Waals surface area contributed by atoms with E-state index in [0.29, 0.717) is 5.75 Å². The van der Waals surface area contributed by atoms with Crippen molar-refractivity contribution >= 4 is 11.3 Å². The molecule has 4 nitrogen and oxygen atoms in total. The Bertz CT molecular complexity index is 525. The van der Waals surface area contributed by atoms with Gasteiger partial charge in [-0.2, -0.15) is 0 Å². The molecule has 0 unspecified atom stereocenters. The van der Waals surface area contributed by atoms with Crippen molar-refractivity contribution in [3.8, 4) is 22.1 Å². The van der Waals surface area contributed by atoms with Gasteiger partial charge in [-0.25, -0.2) is 4.98 Å². The van der Waals surface area contributed by atoms with Crippen LogP contribution in [0.2, 0.25) is 0 Å². The maximum atomic E-state index is 9.55. The number of hydrogen-bond donors (Lipinski definition) is 2. The summed E-state index contributed by atoms with van der Waals surface area (Å²) >= 11 is 1.64. The molecule has 1 heterocycles. The first-order chi connectivity index (χ1) is 8.74. The lowest BCUT2D eigenvalue weighted by atomic mass is 10.2. The second-order valence-corrected chi connectivity index (χ2v) is 4.91. The Morgan fingerprint density at radius 1 is 1.44 bits per heavy atom. The Morgan fingerprint density at radius 2 is 2.28 bits per heavy atom. The molecule has 2 rings (SSSR count). The fourth-order valence-corrected chi connectivity index (χ4v) is 2.46. The molecule has 0 saturated carbocycles. The Labute approximate surface area is 110 Å². The summed E-state index contributed by atoms with van der Waals surface area (Å²) in [5.41, 5.74) is 0.956. The smallest absolute Gasteiger partial charge is 0.161 e. The Balaban J connectivity index is 2.23. The normalized spacial score (nSPS) is 10.6. The molecule has 5 heteroatoms. The summed E-state index contributed by atoms with van der Waals surface area (Å²) in [5.74, 6) is 0.613. The summed E-state index contributed by atoms with van der Waals surface area (Å²) < 4.78 is 5.09. The van der Waals surface area contributed by atoms with E-state index in [9.17, 15) is 5.11 Å². The largest absolute Gasteiger partial charge is 0.504 e. The number of nitrogens with one attached hydrogen (secondary N) is 1. The zero-order valence-corrected chi connectivity index (χ0v) is 11.3. The van der Waals surface area contributed by atoms with Gasteiger partial charge in [0.05, 0.1) is 7.11 Å². The first-order valence-electron chi connectivity index (χ1n) is 5.77. The Hall–Kier alpha value is -1.59. The van der Waals surface area contributed by atoms with Gasteiger partial charge in [-0.3, -0.25) is 0 Å². The summed E-state index contributed by atoms with van der Waals surface area (Å²) in [6.45, 7) is 3.86. The molecule has 0 radical (unpaired) electrons. The number of phenolic OH excluding ortho intramolecular Hbond substituents is 1. The van der Waals surface area contributed by atoms with E-state index in [-0.39, 0.29) is 5.75 Å². The number of nitrogens with zero attached hydrogens (tertiary/aromatic N) is 1. The molecule has 2 aromatic rings. The third kappa shape index (κ3) is 2.80. The minimum absolute atomic E-state index is 0.144. The number of thiazole rings is 1. The molecule has 0 saturated heterocycles. The lowest BCUT2D eigenvalue weighted by molar-refractivity contribution is 0.373. The minimum Gasteiger partial charge on any atom is -0.504 e. The van der Waals surface area contributed by atoms with Crippen LogP contribution in [-0.4, -0.2) is 23.7 Å². The number of rotatable bonds is 5. The molecule has 1 aromatic carbocycles. The average Bonchev–Trinajstić information content (AvgIpc) is 2.85. The highest BCUT2D eigenvalue weighted by Crippen LogP contribution is 2.33. The molecule has 0 aliphatic heterocycles. The van der Waals surface area contributed by atoms with Crippen LogP contribution in [0.1, 0.15) is 11.8 Å². The van der Waals surface area contributed by atoms with Gasteiger partial charge in [0.15, 0.2) is 11.5 Å². The summed E-state index contributed by atoms with van der Waals surface area (Å²) in [6, 6.07) is 5.26. The van der Waals surface area contributed by atoms with Gasteiger partial charge in [0.25, 0.3) is 0 Å². The second-order valence-electron chi connectivity index (χ2n) is 3.80. The van der Waals surface area contributed by atoms with Crippen molar-refractivity contribution in [2.75, 3.05) is 13.7 Å². The van der Waals surface area contributed by atoms with E-state index in [2.05, 4.69) is 17.2 Å². The molecule has 0 aliphatic carbocycles. The fraction of sp³-hybridized carbons (Fsp3) is 0.308. The first kappa shape index (κ1) is 12.9. The average molecular weight is 264 g/mol. The second kappa shape index (κ2) is 5.84. The molecule has 0 amide bonds. The van der Waals surface area contributed by atoms with E-state index in [1.165, 1.54) is 12.0 Å². The van der Waals surface area contributed by atoms with Gasteiger partial charge in [0.2, 0.25) is 0 Å². The van der Waals surface area contributed by atoms with Crippen LogP contribution in [0.5, 0.6) is 11.5 Å². The molecular formula is C13H16N2O2S. The highest BCUT2D eigenvalue weighted by Gasteiger charge is 2.08. The highest BCUT2D eigenvalue weighted by molar-refractivity contribution is 7.15. The molecule has 0 bridgehead atoms. The van der Waals surface area contributed by atoms with Crippen molar-refractivity contribution in [3.05, 3.63) is 29.3 Å². The van der Waals surface area contributed by atoms with Crippen LogP contribution < -0.4 is 10.1 Å². The van der Waals surface area contributed by atoms with Gasteiger partial charge in [-0.05, 0) is 24.7 Å². The lowest BCUT2D eigenvalue weighted by Gasteiger charge is -2.04. The number of ether oxygens (including phenoxy) is 1. The molecule has 2 N–H and O–H groups in total. The van der Waals surface area contributed by atoms with Gasteiger partial charge in [0.1, 0.15) is 5.01 Å².